The van der Waals surface area contributed by atoms with Gasteiger partial charge in [-0.05, 0) is 30.2 Å². The number of carbonyl (C=O) groups is 1. The molecule has 2 aromatic carbocycles. The van der Waals surface area contributed by atoms with Crippen LogP contribution >= 0.6 is 0 Å². The number of benzene rings is 2. The summed E-state index contributed by atoms with van der Waals surface area (Å²) in [6.45, 7) is 0.613. The molecule has 0 atom stereocenters. The van der Waals surface area contributed by atoms with Crippen molar-refractivity contribution in [2.24, 2.45) is 0 Å². The maximum Gasteiger partial charge on any atom is 0.244 e. The summed E-state index contributed by atoms with van der Waals surface area (Å²) in [7, 11) is 0. The van der Waals surface area contributed by atoms with Gasteiger partial charge in [-0.1, -0.05) is 48.5 Å². The van der Waals surface area contributed by atoms with Gasteiger partial charge in [0, 0.05) is 28.9 Å². The fraction of sp³-hybridized carbons (Fsp3) is 0.0909. The van der Waals surface area contributed by atoms with Crippen LogP contribution in [0.25, 0.3) is 27.9 Å². The minimum atomic E-state index is -0.109. The predicted molar refractivity (Wildman–Crippen MR) is 106 cm³/mol. The highest BCUT2D eigenvalue weighted by Crippen LogP contribution is 2.25. The quantitative estimate of drug-likeness (QED) is 0.537. The first kappa shape index (κ1) is 16.1. The number of para-hydroxylation sites is 1. The van der Waals surface area contributed by atoms with E-state index < -0.39 is 0 Å². The van der Waals surface area contributed by atoms with Gasteiger partial charge in [0.05, 0.1) is 17.4 Å². The zero-order valence-corrected chi connectivity index (χ0v) is 14.3. The largest absolute Gasteiger partial charge is 0.353 e. The third kappa shape index (κ3) is 3.49. The van der Waals surface area contributed by atoms with Crippen LogP contribution < -0.4 is 5.32 Å². The van der Waals surface area contributed by atoms with Crippen molar-refractivity contribution in [2.75, 3.05) is 6.54 Å². The highest BCUT2D eigenvalue weighted by molar-refractivity contribution is 6.07. The third-order valence-corrected chi connectivity index (χ3v) is 4.37. The number of nitrogens with zero attached hydrogens (tertiary/aromatic N) is 1. The molecule has 1 amide bonds. The zero-order valence-electron chi connectivity index (χ0n) is 14.3. The van der Waals surface area contributed by atoms with E-state index in [0.717, 1.165) is 33.9 Å². The molecule has 0 spiro atoms. The molecule has 0 aliphatic heterocycles. The molecule has 26 heavy (non-hydrogen) atoms. The Bertz CT molecular complexity index is 1080. The SMILES string of the molecule is O=C(/C=C/c1cc2c(cn1)[nH]c1ccccc12)NCCc1ccccc1. The number of hydrogen-bond acceptors (Lipinski definition) is 2. The van der Waals surface area contributed by atoms with Gasteiger partial charge < -0.3 is 10.3 Å². The Morgan fingerprint density at radius 1 is 1.00 bits per heavy atom. The molecule has 0 fully saturated rings. The van der Waals surface area contributed by atoms with E-state index in [1.54, 1.807) is 6.08 Å². The van der Waals surface area contributed by atoms with Gasteiger partial charge in [0.25, 0.3) is 0 Å². The summed E-state index contributed by atoms with van der Waals surface area (Å²) in [6, 6.07) is 20.3. The van der Waals surface area contributed by atoms with E-state index in [0.29, 0.717) is 6.54 Å². The lowest BCUT2D eigenvalue weighted by Gasteiger charge is -2.02. The third-order valence-electron chi connectivity index (χ3n) is 4.37. The minimum Gasteiger partial charge on any atom is -0.353 e. The van der Waals surface area contributed by atoms with Crippen LogP contribution in [0.4, 0.5) is 0 Å². The molecule has 0 bridgehead atoms. The maximum atomic E-state index is 12.0. The number of aromatic amines is 1. The summed E-state index contributed by atoms with van der Waals surface area (Å²) in [4.78, 5) is 19.8. The fourth-order valence-corrected chi connectivity index (χ4v) is 3.05. The van der Waals surface area contributed by atoms with Crippen LogP contribution in [-0.2, 0) is 11.2 Å². The average molecular weight is 341 g/mol. The Kier molecular flexibility index (Phi) is 4.48. The van der Waals surface area contributed by atoms with Gasteiger partial charge in [-0.15, -0.1) is 0 Å². The molecular formula is C22H19N3O. The van der Waals surface area contributed by atoms with E-state index in [4.69, 9.17) is 0 Å². The zero-order chi connectivity index (χ0) is 17.8. The number of fused-ring (bicyclic) bond motifs is 3. The molecule has 4 heteroatoms. The first-order chi connectivity index (χ1) is 12.8. The van der Waals surface area contributed by atoms with E-state index in [2.05, 4.69) is 33.5 Å². The minimum absolute atomic E-state index is 0.109. The molecule has 0 saturated heterocycles. The number of hydrogen-bond donors (Lipinski definition) is 2. The van der Waals surface area contributed by atoms with E-state index in [1.165, 1.54) is 11.6 Å². The average Bonchev–Trinajstić information content (AvgIpc) is 3.05. The summed E-state index contributed by atoms with van der Waals surface area (Å²) in [5, 5.41) is 5.17. The smallest absolute Gasteiger partial charge is 0.244 e. The van der Waals surface area contributed by atoms with Crippen LogP contribution in [0.15, 0.2) is 72.9 Å². The summed E-state index contributed by atoms with van der Waals surface area (Å²) >= 11 is 0. The lowest BCUT2D eigenvalue weighted by atomic mass is 10.1. The molecule has 4 rings (SSSR count). The number of H-pyrrole nitrogens is 1. The van der Waals surface area contributed by atoms with Gasteiger partial charge in [0.1, 0.15) is 0 Å². The molecule has 2 N–H and O–H groups in total. The lowest BCUT2D eigenvalue weighted by Crippen LogP contribution is -2.23. The van der Waals surface area contributed by atoms with Crippen LogP contribution in [0.1, 0.15) is 11.3 Å². The van der Waals surface area contributed by atoms with Gasteiger partial charge in [0.15, 0.2) is 0 Å². The highest BCUT2D eigenvalue weighted by atomic mass is 16.1. The molecule has 2 aromatic heterocycles. The lowest BCUT2D eigenvalue weighted by molar-refractivity contribution is -0.116. The molecule has 0 aliphatic carbocycles. The summed E-state index contributed by atoms with van der Waals surface area (Å²) < 4.78 is 0. The number of aromatic nitrogens is 2. The number of carbonyl (C=O) groups excluding carboxylic acids is 1. The van der Waals surface area contributed by atoms with E-state index in [-0.39, 0.29) is 5.91 Å². The predicted octanol–water partition coefficient (Wildman–Crippen LogP) is 4.09. The summed E-state index contributed by atoms with van der Waals surface area (Å²) in [6.07, 6.45) is 5.91. The molecule has 0 radical (unpaired) electrons. The van der Waals surface area contributed by atoms with Crippen LogP contribution in [0.5, 0.6) is 0 Å². The number of pyridine rings is 1. The molecule has 0 aliphatic rings. The standard InChI is InChI=1S/C22H19N3O/c26-22(23-13-12-16-6-2-1-3-7-16)11-10-17-14-19-18-8-4-5-9-20(18)25-21(19)15-24-17/h1-11,14-15,25H,12-13H2,(H,23,26)/b11-10+. The number of amides is 1. The van der Waals surface area contributed by atoms with Crippen molar-refractivity contribution >= 4 is 33.8 Å². The summed E-state index contributed by atoms with van der Waals surface area (Å²) in [5.74, 6) is -0.109. The van der Waals surface area contributed by atoms with Crippen molar-refractivity contribution in [2.45, 2.75) is 6.42 Å². The van der Waals surface area contributed by atoms with Crippen LogP contribution in [0.3, 0.4) is 0 Å². The van der Waals surface area contributed by atoms with Crippen molar-refractivity contribution < 1.29 is 4.79 Å². The highest BCUT2D eigenvalue weighted by Gasteiger charge is 2.04. The Morgan fingerprint density at radius 3 is 2.69 bits per heavy atom. The van der Waals surface area contributed by atoms with Gasteiger partial charge in [0.2, 0.25) is 5.91 Å². The van der Waals surface area contributed by atoms with E-state index >= 15 is 0 Å². The second-order valence-electron chi connectivity index (χ2n) is 6.19. The molecule has 4 aromatic rings. The van der Waals surface area contributed by atoms with Crippen LogP contribution in [0.2, 0.25) is 0 Å². The van der Waals surface area contributed by atoms with Crippen LogP contribution in [-0.4, -0.2) is 22.4 Å². The Labute approximate surface area is 151 Å². The molecule has 2 heterocycles. The van der Waals surface area contributed by atoms with Crippen LogP contribution in [0, 0.1) is 0 Å². The molecule has 4 nitrogen and oxygen atoms in total. The number of rotatable bonds is 5. The normalized spacial score (nSPS) is 11.4. The van der Waals surface area contributed by atoms with E-state index in [1.807, 2.05) is 48.7 Å². The summed E-state index contributed by atoms with van der Waals surface area (Å²) in [5.41, 5.74) is 4.06. The first-order valence-corrected chi connectivity index (χ1v) is 8.66. The van der Waals surface area contributed by atoms with Gasteiger partial charge in [-0.3, -0.25) is 9.78 Å². The van der Waals surface area contributed by atoms with Crippen molar-refractivity contribution in [1.82, 2.24) is 15.3 Å². The second-order valence-corrected chi connectivity index (χ2v) is 6.19. The van der Waals surface area contributed by atoms with Crippen molar-refractivity contribution in [3.8, 4) is 0 Å². The van der Waals surface area contributed by atoms with Crippen molar-refractivity contribution in [3.05, 3.63) is 84.2 Å². The number of nitrogens with one attached hydrogen (secondary N) is 2. The Hall–Kier alpha value is -3.40. The molecule has 0 saturated carbocycles. The fourth-order valence-electron chi connectivity index (χ4n) is 3.05. The first-order valence-electron chi connectivity index (χ1n) is 8.66. The monoisotopic (exact) mass is 341 g/mol. The Balaban J connectivity index is 1.42. The van der Waals surface area contributed by atoms with Crippen molar-refractivity contribution in [3.63, 3.8) is 0 Å². The van der Waals surface area contributed by atoms with E-state index in [9.17, 15) is 4.79 Å². The second kappa shape index (κ2) is 7.23. The molecule has 128 valence electrons. The van der Waals surface area contributed by atoms with Gasteiger partial charge in [-0.2, -0.15) is 0 Å². The Morgan fingerprint density at radius 2 is 1.81 bits per heavy atom. The molecule has 0 unspecified atom stereocenters. The van der Waals surface area contributed by atoms with Crippen molar-refractivity contribution in [1.29, 1.82) is 0 Å². The van der Waals surface area contributed by atoms with Gasteiger partial charge in [-0.25, -0.2) is 0 Å². The van der Waals surface area contributed by atoms with Gasteiger partial charge >= 0.3 is 0 Å². The maximum absolute atomic E-state index is 12.0. The topological polar surface area (TPSA) is 57.8 Å². The molecular weight excluding hydrogens is 322 g/mol.